The molecule has 0 bridgehead atoms. The van der Waals surface area contributed by atoms with E-state index in [4.69, 9.17) is 4.74 Å². The number of hydrogen-bond acceptors (Lipinski definition) is 6. The topological polar surface area (TPSA) is 64.1 Å². The van der Waals surface area contributed by atoms with Gasteiger partial charge in [-0.3, -0.25) is 10.1 Å². The van der Waals surface area contributed by atoms with Gasteiger partial charge in [-0.05, 0) is 18.4 Å². The number of rotatable bonds is 7. The van der Waals surface area contributed by atoms with Gasteiger partial charge >= 0.3 is 0 Å². The zero-order valence-electron chi connectivity index (χ0n) is 13.6. The van der Waals surface area contributed by atoms with E-state index in [0.29, 0.717) is 10.9 Å². The molecule has 0 aliphatic rings. The fraction of sp³-hybridized carbons (Fsp3) is 0.167. The third kappa shape index (κ3) is 4.37. The number of anilines is 1. The van der Waals surface area contributed by atoms with Crippen LogP contribution in [0.25, 0.3) is 10.8 Å². The maximum absolute atomic E-state index is 12.4. The van der Waals surface area contributed by atoms with Crippen molar-refractivity contribution >= 4 is 44.9 Å². The molecule has 25 heavy (non-hydrogen) atoms. The molecule has 0 fully saturated rings. The number of carbonyl (C=O) groups is 1. The number of fused-ring (bicyclic) bond motifs is 1. The second kappa shape index (κ2) is 8.13. The predicted octanol–water partition coefficient (Wildman–Crippen LogP) is 4.38. The van der Waals surface area contributed by atoms with Crippen molar-refractivity contribution in [2.45, 2.75) is 17.4 Å². The van der Waals surface area contributed by atoms with Crippen LogP contribution in [0.15, 0.2) is 59.5 Å². The van der Waals surface area contributed by atoms with E-state index >= 15 is 0 Å². The number of benzene rings is 2. The van der Waals surface area contributed by atoms with Crippen molar-refractivity contribution in [3.05, 3.63) is 55.1 Å². The van der Waals surface area contributed by atoms with Crippen molar-refractivity contribution in [2.24, 2.45) is 0 Å². The number of ether oxygens (including phenoxy) is 1. The first-order valence-electron chi connectivity index (χ1n) is 7.70. The van der Waals surface area contributed by atoms with Crippen LogP contribution in [0.3, 0.4) is 0 Å². The SMILES string of the molecule is C=CCSc1nnc(NC(=O)[C@@H](C)Oc2cccc3ccccc23)s1. The van der Waals surface area contributed by atoms with E-state index in [9.17, 15) is 4.79 Å². The number of thioether (sulfide) groups is 1. The molecule has 0 saturated heterocycles. The van der Waals surface area contributed by atoms with Gasteiger partial charge in [0.05, 0.1) is 0 Å². The number of aromatic nitrogens is 2. The molecule has 128 valence electrons. The van der Waals surface area contributed by atoms with Crippen LogP contribution in [0.1, 0.15) is 6.92 Å². The molecule has 3 rings (SSSR count). The van der Waals surface area contributed by atoms with Crippen LogP contribution in [0, 0.1) is 0 Å². The van der Waals surface area contributed by atoms with E-state index in [1.807, 2.05) is 42.5 Å². The van der Waals surface area contributed by atoms with Crippen molar-refractivity contribution < 1.29 is 9.53 Å². The molecule has 0 saturated carbocycles. The number of hydrogen-bond donors (Lipinski definition) is 1. The van der Waals surface area contributed by atoms with E-state index < -0.39 is 6.10 Å². The average Bonchev–Trinajstić information content (AvgIpc) is 3.07. The quantitative estimate of drug-likeness (QED) is 0.379. The van der Waals surface area contributed by atoms with Crippen molar-refractivity contribution in [1.82, 2.24) is 10.2 Å². The molecule has 1 aromatic heterocycles. The standard InChI is InChI=1S/C18H17N3O2S2/c1-3-11-24-18-21-20-17(25-18)19-16(22)12(2)23-15-10-6-8-13-7-4-5-9-14(13)15/h3-10,12H,1,11H2,2H3,(H,19,20,22)/t12-/m1/s1. The van der Waals surface area contributed by atoms with Crippen LogP contribution in [-0.2, 0) is 4.79 Å². The number of amides is 1. The van der Waals surface area contributed by atoms with Crippen LogP contribution in [0.4, 0.5) is 5.13 Å². The molecule has 1 amide bonds. The third-order valence-electron chi connectivity index (χ3n) is 3.38. The first-order valence-corrected chi connectivity index (χ1v) is 9.50. The summed E-state index contributed by atoms with van der Waals surface area (Å²) in [6.45, 7) is 5.38. The molecule has 0 radical (unpaired) electrons. The smallest absolute Gasteiger partial charge is 0.266 e. The molecule has 0 spiro atoms. The van der Waals surface area contributed by atoms with Crippen LogP contribution >= 0.6 is 23.1 Å². The molecule has 1 atom stereocenters. The van der Waals surface area contributed by atoms with Crippen molar-refractivity contribution in [2.75, 3.05) is 11.1 Å². The molecule has 3 aromatic rings. The highest BCUT2D eigenvalue weighted by Gasteiger charge is 2.18. The van der Waals surface area contributed by atoms with Gasteiger partial charge in [0.1, 0.15) is 5.75 Å². The van der Waals surface area contributed by atoms with Gasteiger partial charge in [-0.25, -0.2) is 0 Å². The lowest BCUT2D eigenvalue weighted by molar-refractivity contribution is -0.122. The molecular formula is C18H17N3O2S2. The normalized spacial score (nSPS) is 11.9. The second-order valence-electron chi connectivity index (χ2n) is 5.20. The first-order chi connectivity index (χ1) is 12.2. The van der Waals surface area contributed by atoms with Gasteiger partial charge in [0.2, 0.25) is 5.13 Å². The van der Waals surface area contributed by atoms with Gasteiger partial charge in [-0.15, -0.1) is 16.8 Å². The summed E-state index contributed by atoms with van der Waals surface area (Å²) in [5.41, 5.74) is 0. The Kier molecular flexibility index (Phi) is 5.67. The lowest BCUT2D eigenvalue weighted by Gasteiger charge is -2.15. The molecular weight excluding hydrogens is 354 g/mol. The van der Waals surface area contributed by atoms with Crippen LogP contribution in [0.5, 0.6) is 5.75 Å². The van der Waals surface area contributed by atoms with Gasteiger partial charge in [-0.1, -0.05) is 65.6 Å². The fourth-order valence-corrected chi connectivity index (χ4v) is 3.71. The minimum Gasteiger partial charge on any atom is -0.480 e. The Morgan fingerprint density at radius 3 is 2.96 bits per heavy atom. The largest absolute Gasteiger partial charge is 0.480 e. The van der Waals surface area contributed by atoms with Crippen LogP contribution in [0.2, 0.25) is 0 Å². The van der Waals surface area contributed by atoms with E-state index in [2.05, 4.69) is 22.1 Å². The van der Waals surface area contributed by atoms with E-state index in [1.165, 1.54) is 23.1 Å². The van der Waals surface area contributed by atoms with E-state index in [1.54, 1.807) is 13.0 Å². The zero-order valence-corrected chi connectivity index (χ0v) is 15.3. The molecule has 2 aromatic carbocycles. The average molecular weight is 371 g/mol. The Morgan fingerprint density at radius 1 is 1.32 bits per heavy atom. The molecule has 0 unspecified atom stereocenters. The molecule has 1 heterocycles. The second-order valence-corrected chi connectivity index (χ2v) is 7.44. The first kappa shape index (κ1) is 17.4. The summed E-state index contributed by atoms with van der Waals surface area (Å²) in [6, 6.07) is 13.7. The van der Waals surface area contributed by atoms with Crippen molar-refractivity contribution in [3.8, 4) is 5.75 Å². The summed E-state index contributed by atoms with van der Waals surface area (Å²) in [6.07, 6.45) is 1.14. The van der Waals surface area contributed by atoms with Crippen LogP contribution in [-0.4, -0.2) is 28.0 Å². The summed E-state index contributed by atoms with van der Waals surface area (Å²) in [7, 11) is 0. The van der Waals surface area contributed by atoms with E-state index in [-0.39, 0.29) is 5.91 Å². The van der Waals surface area contributed by atoms with E-state index in [0.717, 1.165) is 20.9 Å². The molecule has 1 N–H and O–H groups in total. The van der Waals surface area contributed by atoms with Gasteiger partial charge in [0.15, 0.2) is 10.4 Å². The van der Waals surface area contributed by atoms with Gasteiger partial charge in [0.25, 0.3) is 5.91 Å². The monoisotopic (exact) mass is 371 g/mol. The Hall–Kier alpha value is -2.38. The number of carbonyl (C=O) groups excluding carboxylic acids is 1. The minimum absolute atomic E-state index is 0.260. The summed E-state index contributed by atoms with van der Waals surface area (Å²) >= 11 is 2.86. The molecule has 0 aliphatic carbocycles. The minimum atomic E-state index is -0.654. The van der Waals surface area contributed by atoms with Crippen molar-refractivity contribution in [3.63, 3.8) is 0 Å². The third-order valence-corrected chi connectivity index (χ3v) is 5.35. The van der Waals surface area contributed by atoms with Gasteiger partial charge in [-0.2, -0.15) is 0 Å². The summed E-state index contributed by atoms with van der Waals surface area (Å²) < 4.78 is 6.65. The summed E-state index contributed by atoms with van der Waals surface area (Å²) in [5, 5.41) is 13.3. The molecule has 7 heteroatoms. The Labute approximate surface area is 154 Å². The Morgan fingerprint density at radius 2 is 2.12 bits per heavy atom. The lowest BCUT2D eigenvalue weighted by atomic mass is 10.1. The molecule has 5 nitrogen and oxygen atoms in total. The maximum Gasteiger partial charge on any atom is 0.266 e. The fourth-order valence-electron chi connectivity index (χ4n) is 2.20. The number of nitrogens with zero attached hydrogens (tertiary/aromatic N) is 2. The summed E-state index contributed by atoms with van der Waals surface area (Å²) in [5.74, 6) is 1.17. The zero-order chi connectivity index (χ0) is 17.6. The lowest BCUT2D eigenvalue weighted by Crippen LogP contribution is -2.30. The highest BCUT2D eigenvalue weighted by molar-refractivity contribution is 8.01. The summed E-state index contributed by atoms with van der Waals surface area (Å²) in [4.78, 5) is 12.4. The Bertz CT molecular complexity index is 889. The van der Waals surface area contributed by atoms with Gasteiger partial charge in [0, 0.05) is 11.1 Å². The van der Waals surface area contributed by atoms with Crippen molar-refractivity contribution in [1.29, 1.82) is 0 Å². The highest BCUT2D eigenvalue weighted by Crippen LogP contribution is 2.27. The number of nitrogens with one attached hydrogen (secondary N) is 1. The highest BCUT2D eigenvalue weighted by atomic mass is 32.2. The molecule has 0 aliphatic heterocycles. The van der Waals surface area contributed by atoms with Gasteiger partial charge < -0.3 is 4.74 Å². The van der Waals surface area contributed by atoms with Crippen LogP contribution < -0.4 is 10.1 Å². The predicted molar refractivity (Wildman–Crippen MR) is 103 cm³/mol. The maximum atomic E-state index is 12.4. The Balaban J connectivity index is 1.66.